The van der Waals surface area contributed by atoms with Crippen LogP contribution in [-0.4, -0.2) is 12.4 Å². The third kappa shape index (κ3) is 2.91. The van der Waals surface area contributed by atoms with E-state index in [2.05, 4.69) is 15.9 Å². The maximum absolute atomic E-state index is 13.5. The molecule has 0 amide bonds. The average Bonchev–Trinajstić information content (AvgIpc) is 2.77. The van der Waals surface area contributed by atoms with E-state index in [0.29, 0.717) is 9.35 Å². The van der Waals surface area contributed by atoms with E-state index in [1.165, 1.54) is 23.5 Å². The summed E-state index contributed by atoms with van der Waals surface area (Å²) >= 11 is 10.2. The van der Waals surface area contributed by atoms with Crippen molar-refractivity contribution in [3.05, 3.63) is 49.8 Å². The highest BCUT2D eigenvalue weighted by molar-refractivity contribution is 9.10. The van der Waals surface area contributed by atoms with Gasteiger partial charge in [0.15, 0.2) is 18.2 Å². The van der Waals surface area contributed by atoms with Crippen molar-refractivity contribution in [3.8, 4) is 5.75 Å². The summed E-state index contributed by atoms with van der Waals surface area (Å²) in [6.07, 6.45) is 0. The first kappa shape index (κ1) is 13.5. The van der Waals surface area contributed by atoms with E-state index >= 15 is 0 Å². The van der Waals surface area contributed by atoms with Crippen LogP contribution in [0.25, 0.3) is 0 Å². The summed E-state index contributed by atoms with van der Waals surface area (Å²) in [5, 5.41) is 1.76. The minimum absolute atomic E-state index is 0.0245. The molecule has 0 aliphatic carbocycles. The molecule has 0 N–H and O–H groups in total. The zero-order valence-electron chi connectivity index (χ0n) is 8.95. The van der Waals surface area contributed by atoms with Crippen molar-refractivity contribution in [1.82, 2.24) is 0 Å². The van der Waals surface area contributed by atoms with Gasteiger partial charge in [0.2, 0.25) is 5.78 Å². The van der Waals surface area contributed by atoms with Gasteiger partial charge in [-0.2, -0.15) is 0 Å². The van der Waals surface area contributed by atoms with Crippen molar-refractivity contribution in [3.63, 3.8) is 0 Å². The molecule has 0 saturated heterocycles. The number of ether oxygens (including phenoxy) is 1. The highest BCUT2D eigenvalue weighted by Crippen LogP contribution is 2.26. The quantitative estimate of drug-likeness (QED) is 0.756. The molecule has 0 atom stereocenters. The lowest BCUT2D eigenvalue weighted by atomic mass is 10.3. The van der Waals surface area contributed by atoms with Crippen LogP contribution in [0.2, 0.25) is 5.02 Å². The maximum atomic E-state index is 13.5. The monoisotopic (exact) mass is 348 g/mol. The molecule has 2 rings (SSSR count). The number of ketones is 1. The van der Waals surface area contributed by atoms with Crippen LogP contribution in [-0.2, 0) is 0 Å². The highest BCUT2D eigenvalue weighted by atomic mass is 79.9. The van der Waals surface area contributed by atoms with Crippen LogP contribution in [0.15, 0.2) is 34.1 Å². The zero-order valence-corrected chi connectivity index (χ0v) is 12.1. The van der Waals surface area contributed by atoms with Crippen LogP contribution < -0.4 is 4.74 Å². The van der Waals surface area contributed by atoms with Crippen LogP contribution in [0.4, 0.5) is 4.39 Å². The summed E-state index contributed by atoms with van der Waals surface area (Å²) in [4.78, 5) is 12.3. The van der Waals surface area contributed by atoms with E-state index in [0.717, 1.165) is 0 Å². The Labute approximate surface area is 120 Å². The van der Waals surface area contributed by atoms with Gasteiger partial charge in [0, 0.05) is 4.47 Å². The summed E-state index contributed by atoms with van der Waals surface area (Å²) in [5.41, 5.74) is 0. The first-order valence-corrected chi connectivity index (χ1v) is 6.97. The maximum Gasteiger partial charge on any atom is 0.211 e. The molecule has 18 heavy (non-hydrogen) atoms. The molecule has 0 aliphatic heterocycles. The molecule has 0 aliphatic rings. The van der Waals surface area contributed by atoms with Crippen LogP contribution in [0.3, 0.4) is 0 Å². The SMILES string of the molecule is O=C(COc1cccc(Cl)c1F)c1sccc1Br. The average molecular weight is 350 g/mol. The van der Waals surface area contributed by atoms with Crippen LogP contribution in [0.1, 0.15) is 9.67 Å². The van der Waals surface area contributed by atoms with Crippen molar-refractivity contribution in [1.29, 1.82) is 0 Å². The second kappa shape index (κ2) is 5.82. The number of carbonyl (C=O) groups is 1. The molecule has 94 valence electrons. The fourth-order valence-electron chi connectivity index (χ4n) is 1.30. The molecule has 2 aromatic rings. The molecule has 0 unspecified atom stereocenters. The fraction of sp³-hybridized carbons (Fsp3) is 0.0833. The van der Waals surface area contributed by atoms with Crippen molar-refractivity contribution in [2.24, 2.45) is 0 Å². The van der Waals surface area contributed by atoms with Gasteiger partial charge < -0.3 is 4.74 Å². The molecule has 0 bridgehead atoms. The number of hydrogen-bond donors (Lipinski definition) is 0. The third-order valence-corrected chi connectivity index (χ3v) is 4.32. The molecule has 0 spiro atoms. The van der Waals surface area contributed by atoms with Crippen LogP contribution in [0, 0.1) is 5.82 Å². The summed E-state index contributed by atoms with van der Waals surface area (Å²) in [6, 6.07) is 6.18. The van der Waals surface area contributed by atoms with Crippen LogP contribution >= 0.6 is 38.9 Å². The predicted molar refractivity (Wildman–Crippen MR) is 73.3 cm³/mol. The Kier molecular flexibility index (Phi) is 4.37. The highest BCUT2D eigenvalue weighted by Gasteiger charge is 2.14. The van der Waals surface area contributed by atoms with Gasteiger partial charge in [-0.05, 0) is 39.5 Å². The summed E-state index contributed by atoms with van der Waals surface area (Å²) in [6.45, 7) is -0.226. The number of carbonyl (C=O) groups excluding carboxylic acids is 1. The van der Waals surface area contributed by atoms with Crippen molar-refractivity contribution >= 4 is 44.7 Å². The molecule has 0 radical (unpaired) electrons. The summed E-state index contributed by atoms with van der Waals surface area (Å²) in [5.74, 6) is -0.892. The Morgan fingerprint density at radius 1 is 1.44 bits per heavy atom. The van der Waals surface area contributed by atoms with E-state index in [9.17, 15) is 9.18 Å². The molecular formula is C12H7BrClFO2S. The van der Waals surface area contributed by atoms with Gasteiger partial charge >= 0.3 is 0 Å². The molecule has 1 aromatic carbocycles. The molecule has 2 nitrogen and oxygen atoms in total. The van der Waals surface area contributed by atoms with Gasteiger partial charge in [0.05, 0.1) is 9.90 Å². The van der Waals surface area contributed by atoms with Gasteiger partial charge in [-0.25, -0.2) is 4.39 Å². The molecular weight excluding hydrogens is 343 g/mol. The van der Waals surface area contributed by atoms with E-state index in [4.69, 9.17) is 16.3 Å². The normalized spacial score (nSPS) is 10.4. The number of hydrogen-bond acceptors (Lipinski definition) is 3. The standard InChI is InChI=1S/C12H7BrClFO2S/c13-7-4-5-18-12(7)9(16)6-17-10-3-1-2-8(14)11(10)15/h1-5H,6H2. The smallest absolute Gasteiger partial charge is 0.211 e. The van der Waals surface area contributed by atoms with Gasteiger partial charge in [-0.15, -0.1) is 11.3 Å². The van der Waals surface area contributed by atoms with Crippen molar-refractivity contribution in [2.45, 2.75) is 0 Å². The molecule has 1 aromatic heterocycles. The minimum Gasteiger partial charge on any atom is -0.482 e. The predicted octanol–water partition coefficient (Wildman–Crippen LogP) is 4.56. The van der Waals surface area contributed by atoms with Gasteiger partial charge in [-0.3, -0.25) is 4.79 Å². The van der Waals surface area contributed by atoms with Crippen LogP contribution in [0.5, 0.6) is 5.75 Å². The Bertz CT molecular complexity index is 585. The Balaban J connectivity index is 2.06. The third-order valence-electron chi connectivity index (χ3n) is 2.15. The number of Topliss-reactive ketones (excluding diaryl/α,β-unsaturated/α-hetero) is 1. The van der Waals surface area contributed by atoms with Crippen molar-refractivity contribution < 1.29 is 13.9 Å². The van der Waals surface area contributed by atoms with E-state index in [1.54, 1.807) is 17.5 Å². The fourth-order valence-corrected chi connectivity index (χ4v) is 2.98. The Morgan fingerprint density at radius 2 is 2.22 bits per heavy atom. The van der Waals surface area contributed by atoms with Gasteiger partial charge in [0.25, 0.3) is 0 Å². The zero-order chi connectivity index (χ0) is 13.1. The number of halogens is 3. The van der Waals surface area contributed by atoms with Gasteiger partial charge in [-0.1, -0.05) is 17.7 Å². The number of rotatable bonds is 4. The number of benzene rings is 1. The second-order valence-corrected chi connectivity index (χ2v) is 5.54. The Hall–Kier alpha value is -0.910. The molecule has 1 heterocycles. The van der Waals surface area contributed by atoms with E-state index in [-0.39, 0.29) is 23.2 Å². The topological polar surface area (TPSA) is 26.3 Å². The van der Waals surface area contributed by atoms with Gasteiger partial charge in [0.1, 0.15) is 0 Å². The second-order valence-electron chi connectivity index (χ2n) is 3.36. The largest absolute Gasteiger partial charge is 0.482 e. The summed E-state index contributed by atoms with van der Waals surface area (Å²) in [7, 11) is 0. The minimum atomic E-state index is -0.655. The lowest BCUT2D eigenvalue weighted by Gasteiger charge is -2.06. The lowest BCUT2D eigenvalue weighted by Crippen LogP contribution is -2.11. The Morgan fingerprint density at radius 3 is 2.89 bits per heavy atom. The summed E-state index contributed by atoms with van der Waals surface area (Å²) < 4.78 is 19.3. The molecule has 0 saturated carbocycles. The molecule has 0 fully saturated rings. The van der Waals surface area contributed by atoms with E-state index < -0.39 is 5.82 Å². The van der Waals surface area contributed by atoms with Crippen molar-refractivity contribution in [2.75, 3.05) is 6.61 Å². The first-order chi connectivity index (χ1) is 8.59. The lowest BCUT2D eigenvalue weighted by molar-refractivity contribution is 0.0922. The first-order valence-electron chi connectivity index (χ1n) is 4.92. The van der Waals surface area contributed by atoms with E-state index in [1.807, 2.05) is 0 Å². The molecule has 6 heteroatoms. The number of thiophene rings is 1.